The van der Waals surface area contributed by atoms with Crippen LogP contribution in [0.15, 0.2) is 64.9 Å². The van der Waals surface area contributed by atoms with Gasteiger partial charge in [0.15, 0.2) is 0 Å². The maximum absolute atomic E-state index is 13.8. The summed E-state index contributed by atoms with van der Waals surface area (Å²) in [5.41, 5.74) is 4.94. The number of carboxylic acid groups (broad SMARTS) is 1. The van der Waals surface area contributed by atoms with Gasteiger partial charge in [0, 0.05) is 32.8 Å². The molecule has 0 aliphatic heterocycles. The van der Waals surface area contributed by atoms with E-state index in [1.54, 1.807) is 37.4 Å². The van der Waals surface area contributed by atoms with E-state index >= 15 is 0 Å². The van der Waals surface area contributed by atoms with E-state index in [0.29, 0.717) is 49.3 Å². The number of hydrogen-bond donors (Lipinski definition) is 1. The van der Waals surface area contributed by atoms with E-state index in [9.17, 15) is 20.0 Å². The Morgan fingerprint density at radius 2 is 1.89 bits per heavy atom. The Balaban J connectivity index is 1.37. The second-order valence-electron chi connectivity index (χ2n) is 10.2. The maximum atomic E-state index is 13.8. The average molecular weight is 622 g/mol. The molecule has 0 saturated carbocycles. The minimum atomic E-state index is -1.05. The number of pyridine rings is 2. The molecule has 0 aliphatic rings. The van der Waals surface area contributed by atoms with E-state index in [-0.39, 0.29) is 35.2 Å². The molecule has 44 heavy (non-hydrogen) atoms. The summed E-state index contributed by atoms with van der Waals surface area (Å²) >= 11 is 7.68. The largest absolute Gasteiger partial charge is 0.491 e. The van der Waals surface area contributed by atoms with Crippen LogP contribution in [0.4, 0.5) is 0 Å². The SMILES string of the molecule is Cc1cc(-c2cc(Cl)ccc2OCCn2c(C)nc3cnc(-c4ccccc4C)c(C#N)c3c2=O)c2scc(C(=O)O)c2n1. The van der Waals surface area contributed by atoms with E-state index in [1.165, 1.54) is 22.1 Å². The number of aromatic carboxylic acids is 1. The van der Waals surface area contributed by atoms with Gasteiger partial charge >= 0.3 is 5.97 Å². The van der Waals surface area contributed by atoms with Crippen molar-refractivity contribution < 1.29 is 14.6 Å². The number of ether oxygens (including phenoxy) is 1. The normalized spacial score (nSPS) is 11.2. The fraction of sp³-hybridized carbons (Fsp3) is 0.152. The highest BCUT2D eigenvalue weighted by Crippen LogP contribution is 2.40. The van der Waals surface area contributed by atoms with Crippen LogP contribution in [0.3, 0.4) is 0 Å². The lowest BCUT2D eigenvalue weighted by Crippen LogP contribution is -2.27. The van der Waals surface area contributed by atoms with Crippen LogP contribution in [0.5, 0.6) is 5.75 Å². The van der Waals surface area contributed by atoms with Crippen molar-refractivity contribution in [3.63, 3.8) is 0 Å². The highest BCUT2D eigenvalue weighted by atomic mass is 35.5. The van der Waals surface area contributed by atoms with Crippen LogP contribution in [0.2, 0.25) is 5.02 Å². The Morgan fingerprint density at radius 1 is 1.09 bits per heavy atom. The number of nitrogens with zero attached hydrogens (tertiary/aromatic N) is 5. The summed E-state index contributed by atoms with van der Waals surface area (Å²) in [4.78, 5) is 39.2. The zero-order chi connectivity index (χ0) is 31.1. The summed E-state index contributed by atoms with van der Waals surface area (Å²) in [6.45, 7) is 5.73. The van der Waals surface area contributed by atoms with Crippen LogP contribution in [0.1, 0.15) is 33.0 Å². The molecule has 2 aromatic carbocycles. The Kier molecular flexibility index (Phi) is 7.59. The monoisotopic (exact) mass is 621 g/mol. The van der Waals surface area contributed by atoms with Gasteiger partial charge in [-0.1, -0.05) is 35.9 Å². The first-order valence-electron chi connectivity index (χ1n) is 13.6. The summed E-state index contributed by atoms with van der Waals surface area (Å²) in [7, 11) is 0. The third-order valence-electron chi connectivity index (χ3n) is 7.39. The molecule has 9 nitrogen and oxygen atoms in total. The molecule has 4 heterocycles. The van der Waals surface area contributed by atoms with E-state index in [1.807, 2.05) is 37.3 Å². The first kappa shape index (κ1) is 29.0. The molecule has 0 bridgehead atoms. The molecule has 1 N–H and O–H groups in total. The zero-order valence-electron chi connectivity index (χ0n) is 23.9. The number of fused-ring (bicyclic) bond motifs is 2. The van der Waals surface area contributed by atoms with Gasteiger partial charge in [0.05, 0.1) is 50.7 Å². The first-order chi connectivity index (χ1) is 21.2. The summed E-state index contributed by atoms with van der Waals surface area (Å²) < 4.78 is 8.42. The summed E-state index contributed by atoms with van der Waals surface area (Å²) in [5, 5.41) is 22.0. The molecule has 11 heteroatoms. The van der Waals surface area contributed by atoms with E-state index < -0.39 is 5.97 Å². The van der Waals surface area contributed by atoms with Crippen LogP contribution < -0.4 is 10.3 Å². The molecule has 0 radical (unpaired) electrons. The molecule has 0 fully saturated rings. The van der Waals surface area contributed by atoms with Crippen molar-refractivity contribution in [1.29, 1.82) is 5.26 Å². The van der Waals surface area contributed by atoms with Gasteiger partial charge in [0.2, 0.25) is 0 Å². The lowest BCUT2D eigenvalue weighted by molar-refractivity contribution is 0.0699. The molecule has 6 rings (SSSR count). The van der Waals surface area contributed by atoms with E-state index in [2.05, 4.69) is 21.0 Å². The quantitative estimate of drug-likeness (QED) is 0.202. The molecule has 0 aliphatic carbocycles. The van der Waals surface area contributed by atoms with E-state index in [4.69, 9.17) is 16.3 Å². The molecular weight excluding hydrogens is 598 g/mol. The summed E-state index contributed by atoms with van der Waals surface area (Å²) in [6, 6.07) is 16.8. The molecule has 0 atom stereocenters. The Bertz CT molecular complexity index is 2240. The fourth-order valence-corrected chi connectivity index (χ4v) is 6.49. The number of benzene rings is 2. The van der Waals surface area contributed by atoms with Gasteiger partial charge < -0.3 is 9.84 Å². The minimum Gasteiger partial charge on any atom is -0.491 e. The predicted octanol–water partition coefficient (Wildman–Crippen LogP) is 6.96. The van der Waals surface area contributed by atoms with Crippen molar-refractivity contribution in [2.24, 2.45) is 0 Å². The van der Waals surface area contributed by atoms with Crippen LogP contribution in [-0.2, 0) is 6.54 Å². The molecule has 218 valence electrons. The Morgan fingerprint density at radius 3 is 2.64 bits per heavy atom. The number of hydrogen-bond acceptors (Lipinski definition) is 8. The predicted molar refractivity (Wildman–Crippen MR) is 171 cm³/mol. The number of carboxylic acids is 1. The van der Waals surface area contributed by atoms with Crippen LogP contribution in [-0.4, -0.2) is 37.2 Å². The van der Waals surface area contributed by atoms with Crippen molar-refractivity contribution in [2.45, 2.75) is 27.3 Å². The first-order valence-corrected chi connectivity index (χ1v) is 14.8. The molecule has 0 saturated heterocycles. The standard InChI is InChI=1S/C33H24ClN5O4S/c1-17-6-4-5-7-21(17)29-24(14-35)28-26(15-36-29)38-19(3)39(32(28)40)10-11-43-27-9-8-20(34)13-22(27)23-12-18(2)37-30-25(33(41)42)16-44-31(23)30/h4-9,12-13,15-16H,10-11H2,1-3H3,(H,41,42). The van der Waals surface area contributed by atoms with Crippen molar-refractivity contribution in [3.05, 3.63) is 104 Å². The third kappa shape index (κ3) is 5.06. The third-order valence-corrected chi connectivity index (χ3v) is 8.63. The zero-order valence-corrected chi connectivity index (χ0v) is 25.5. The van der Waals surface area contributed by atoms with Gasteiger partial charge in [-0.15, -0.1) is 11.3 Å². The van der Waals surface area contributed by atoms with Gasteiger partial charge in [-0.25, -0.2) is 9.78 Å². The smallest absolute Gasteiger partial charge is 0.338 e. The van der Waals surface area contributed by atoms with Gasteiger partial charge in [0.1, 0.15) is 24.3 Å². The van der Waals surface area contributed by atoms with Crippen LogP contribution in [0.25, 0.3) is 43.5 Å². The highest BCUT2D eigenvalue weighted by Gasteiger charge is 2.21. The number of carbonyl (C=O) groups is 1. The average Bonchev–Trinajstić information content (AvgIpc) is 3.43. The van der Waals surface area contributed by atoms with Crippen LogP contribution >= 0.6 is 22.9 Å². The Labute approximate surface area is 260 Å². The molecule has 0 spiro atoms. The Hall–Kier alpha value is -5.11. The van der Waals surface area contributed by atoms with Gasteiger partial charge in [-0.3, -0.25) is 19.3 Å². The van der Waals surface area contributed by atoms with Gasteiger partial charge in [0.25, 0.3) is 5.56 Å². The maximum Gasteiger partial charge on any atom is 0.338 e. The molecule has 6 aromatic rings. The van der Waals surface area contributed by atoms with Crippen molar-refractivity contribution in [3.8, 4) is 34.2 Å². The molecule has 4 aromatic heterocycles. The molecular formula is C33H24ClN5O4S. The highest BCUT2D eigenvalue weighted by molar-refractivity contribution is 7.18. The number of aryl methyl sites for hydroxylation is 3. The molecule has 0 unspecified atom stereocenters. The number of rotatable bonds is 7. The fourth-order valence-electron chi connectivity index (χ4n) is 5.31. The lowest BCUT2D eigenvalue weighted by atomic mass is 9.99. The number of halogens is 1. The second-order valence-corrected chi connectivity index (χ2v) is 11.5. The van der Waals surface area contributed by atoms with E-state index in [0.717, 1.165) is 16.7 Å². The second kappa shape index (κ2) is 11.5. The van der Waals surface area contributed by atoms with Crippen molar-refractivity contribution in [1.82, 2.24) is 19.5 Å². The molecule has 0 amide bonds. The van der Waals surface area contributed by atoms with Crippen molar-refractivity contribution in [2.75, 3.05) is 6.61 Å². The van der Waals surface area contributed by atoms with Crippen molar-refractivity contribution >= 4 is 50.0 Å². The minimum absolute atomic E-state index is 0.109. The number of aromatic nitrogens is 4. The summed E-state index contributed by atoms with van der Waals surface area (Å²) in [5.74, 6) is -0.0770. The topological polar surface area (TPSA) is 131 Å². The van der Waals surface area contributed by atoms with Crippen LogP contribution in [0, 0.1) is 32.1 Å². The number of nitriles is 1. The summed E-state index contributed by atoms with van der Waals surface area (Å²) in [6.07, 6.45) is 1.53. The van der Waals surface area contributed by atoms with Gasteiger partial charge in [-0.2, -0.15) is 5.26 Å². The lowest BCUT2D eigenvalue weighted by Gasteiger charge is -2.16. The number of thiophene rings is 1. The van der Waals surface area contributed by atoms with Gasteiger partial charge in [-0.05, 0) is 50.6 Å².